The van der Waals surface area contributed by atoms with Gasteiger partial charge in [0, 0.05) is 0 Å². The fourth-order valence-electron chi connectivity index (χ4n) is 1.57. The Kier molecular flexibility index (Phi) is 8.18. The van der Waals surface area contributed by atoms with Crippen LogP contribution in [0.3, 0.4) is 0 Å². The van der Waals surface area contributed by atoms with Crippen molar-refractivity contribution in [3.63, 3.8) is 0 Å². The predicted molar refractivity (Wildman–Crippen MR) is 79.4 cm³/mol. The Labute approximate surface area is 129 Å². The smallest absolute Gasteiger partial charge is 0.407 e. The van der Waals surface area contributed by atoms with Crippen LogP contribution in [-0.4, -0.2) is 54.0 Å². The monoisotopic (exact) mass is 316 g/mol. The Hall–Kier alpha value is -2.09. The fourth-order valence-corrected chi connectivity index (χ4v) is 1.57. The zero-order valence-electron chi connectivity index (χ0n) is 13.3. The lowest BCUT2D eigenvalue weighted by Crippen LogP contribution is -2.52. The number of carboxylic acids is 1. The molecular formula is C14H24N2O6. The van der Waals surface area contributed by atoms with Crippen molar-refractivity contribution >= 4 is 18.0 Å². The van der Waals surface area contributed by atoms with Crippen molar-refractivity contribution in [3.05, 3.63) is 12.7 Å². The number of ether oxygens (including phenoxy) is 2. The molecule has 0 bridgehead atoms. The molecule has 3 N–H and O–H groups in total. The zero-order chi connectivity index (χ0) is 17.3. The second kappa shape index (κ2) is 9.04. The Morgan fingerprint density at radius 3 is 2.36 bits per heavy atom. The van der Waals surface area contributed by atoms with Gasteiger partial charge < -0.3 is 25.2 Å². The van der Waals surface area contributed by atoms with Crippen molar-refractivity contribution in [1.82, 2.24) is 10.6 Å². The third kappa shape index (κ3) is 8.96. The molecule has 8 nitrogen and oxygen atoms in total. The lowest BCUT2D eigenvalue weighted by molar-refractivity contribution is -0.150. The summed E-state index contributed by atoms with van der Waals surface area (Å²) in [5.41, 5.74) is -0.551. The standard InChI is InChI=1S/C14H24N2O6/c1-6-7-21-13(20)15-8-10(17)16-11(12(18)19)9(2)22-14(3,4)5/h6,9,11H,1,7-8H2,2-5H3,(H,15,20)(H,16,17)(H,18,19)/t9-,11+/m0/s1. The number of alkyl carbamates (subject to hydrolysis) is 1. The van der Waals surface area contributed by atoms with Crippen molar-refractivity contribution < 1.29 is 29.0 Å². The second-order valence-corrected chi connectivity index (χ2v) is 5.56. The highest BCUT2D eigenvalue weighted by molar-refractivity contribution is 5.86. The number of aliphatic carboxylic acids is 1. The molecule has 0 aliphatic rings. The molecule has 0 aromatic rings. The molecule has 0 rings (SSSR count). The van der Waals surface area contributed by atoms with Crippen LogP contribution < -0.4 is 10.6 Å². The van der Waals surface area contributed by atoms with Gasteiger partial charge in [-0.1, -0.05) is 12.7 Å². The highest BCUT2D eigenvalue weighted by Gasteiger charge is 2.30. The average molecular weight is 316 g/mol. The Bertz CT molecular complexity index is 416. The second-order valence-electron chi connectivity index (χ2n) is 5.56. The molecule has 0 heterocycles. The number of hydrogen-bond acceptors (Lipinski definition) is 5. The lowest BCUT2D eigenvalue weighted by atomic mass is 10.1. The van der Waals surface area contributed by atoms with Gasteiger partial charge in [0.1, 0.15) is 13.2 Å². The average Bonchev–Trinajstić information content (AvgIpc) is 2.37. The first-order valence-corrected chi connectivity index (χ1v) is 6.78. The van der Waals surface area contributed by atoms with Crippen molar-refractivity contribution in [1.29, 1.82) is 0 Å². The van der Waals surface area contributed by atoms with Crippen LogP contribution in [0.2, 0.25) is 0 Å². The summed E-state index contributed by atoms with van der Waals surface area (Å²) in [7, 11) is 0. The molecule has 0 spiro atoms. The molecule has 2 amide bonds. The molecule has 0 aliphatic carbocycles. The third-order valence-electron chi connectivity index (χ3n) is 2.32. The van der Waals surface area contributed by atoms with E-state index in [0.717, 1.165) is 0 Å². The van der Waals surface area contributed by atoms with Gasteiger partial charge in [0.15, 0.2) is 6.04 Å². The first-order valence-electron chi connectivity index (χ1n) is 6.78. The molecule has 2 atom stereocenters. The van der Waals surface area contributed by atoms with E-state index in [0.29, 0.717) is 0 Å². The van der Waals surface area contributed by atoms with Crippen LogP contribution in [0.1, 0.15) is 27.7 Å². The topological polar surface area (TPSA) is 114 Å². The van der Waals surface area contributed by atoms with Crippen LogP contribution in [0, 0.1) is 0 Å². The third-order valence-corrected chi connectivity index (χ3v) is 2.32. The molecule has 126 valence electrons. The van der Waals surface area contributed by atoms with E-state index < -0.39 is 42.3 Å². The summed E-state index contributed by atoms with van der Waals surface area (Å²) in [5.74, 6) is -1.88. The van der Waals surface area contributed by atoms with Crippen molar-refractivity contribution in [2.45, 2.75) is 45.4 Å². The molecule has 0 saturated heterocycles. The van der Waals surface area contributed by atoms with E-state index >= 15 is 0 Å². The van der Waals surface area contributed by atoms with Gasteiger partial charge >= 0.3 is 12.1 Å². The molecule has 0 aromatic carbocycles. The van der Waals surface area contributed by atoms with E-state index in [2.05, 4.69) is 21.9 Å². The van der Waals surface area contributed by atoms with Crippen LogP contribution >= 0.6 is 0 Å². The van der Waals surface area contributed by atoms with Crippen LogP contribution in [-0.2, 0) is 19.1 Å². The molecule has 0 saturated carbocycles. The number of rotatable bonds is 8. The largest absolute Gasteiger partial charge is 0.480 e. The van der Waals surface area contributed by atoms with E-state index in [9.17, 15) is 14.4 Å². The molecule has 0 aliphatic heterocycles. The van der Waals surface area contributed by atoms with E-state index in [4.69, 9.17) is 9.84 Å². The fraction of sp³-hybridized carbons (Fsp3) is 0.643. The maximum absolute atomic E-state index is 11.7. The molecule has 0 aromatic heterocycles. The van der Waals surface area contributed by atoms with Gasteiger partial charge in [-0.25, -0.2) is 9.59 Å². The first-order chi connectivity index (χ1) is 10.1. The minimum Gasteiger partial charge on any atom is -0.480 e. The van der Waals surface area contributed by atoms with Crippen molar-refractivity contribution in [2.24, 2.45) is 0 Å². The quantitative estimate of drug-likeness (QED) is 0.567. The van der Waals surface area contributed by atoms with Crippen LogP contribution in [0.25, 0.3) is 0 Å². The Morgan fingerprint density at radius 2 is 1.91 bits per heavy atom. The van der Waals surface area contributed by atoms with E-state index in [1.807, 2.05) is 0 Å². The number of nitrogens with one attached hydrogen (secondary N) is 2. The zero-order valence-corrected chi connectivity index (χ0v) is 13.3. The minimum atomic E-state index is -1.22. The van der Waals surface area contributed by atoms with Gasteiger partial charge in [-0.05, 0) is 27.7 Å². The summed E-state index contributed by atoms with van der Waals surface area (Å²) in [6.07, 6.45) is -0.152. The molecule has 0 unspecified atom stereocenters. The molecule has 0 radical (unpaired) electrons. The van der Waals surface area contributed by atoms with E-state index in [1.54, 1.807) is 27.7 Å². The highest BCUT2D eigenvalue weighted by Crippen LogP contribution is 2.13. The van der Waals surface area contributed by atoms with Crippen molar-refractivity contribution in [3.8, 4) is 0 Å². The number of carboxylic acid groups (broad SMARTS) is 1. The number of amides is 2. The maximum atomic E-state index is 11.7. The molecule has 22 heavy (non-hydrogen) atoms. The Morgan fingerprint density at radius 1 is 1.32 bits per heavy atom. The SMILES string of the molecule is C=CCOC(=O)NCC(=O)N[C@@H](C(=O)O)[C@H](C)OC(C)(C)C. The summed E-state index contributed by atoms with van der Waals surface area (Å²) < 4.78 is 10.1. The van der Waals surface area contributed by atoms with Crippen LogP contribution in [0.4, 0.5) is 4.79 Å². The number of hydrogen-bond donors (Lipinski definition) is 3. The van der Waals surface area contributed by atoms with Crippen molar-refractivity contribution in [2.75, 3.05) is 13.2 Å². The predicted octanol–water partition coefficient (Wildman–Crippen LogP) is 0.672. The molecule has 8 heteroatoms. The van der Waals surface area contributed by atoms with Gasteiger partial charge in [-0.3, -0.25) is 4.79 Å². The lowest BCUT2D eigenvalue weighted by Gasteiger charge is -2.29. The van der Waals surface area contributed by atoms with E-state index in [-0.39, 0.29) is 6.61 Å². The summed E-state index contributed by atoms with van der Waals surface area (Å²) in [4.78, 5) is 34.1. The summed E-state index contributed by atoms with van der Waals surface area (Å²) in [5, 5.41) is 13.7. The molecule has 0 fully saturated rings. The summed E-state index contributed by atoms with van der Waals surface area (Å²) >= 11 is 0. The van der Waals surface area contributed by atoms with Gasteiger partial charge in [0.25, 0.3) is 0 Å². The summed E-state index contributed by atoms with van der Waals surface area (Å²) in [6.45, 7) is 9.88. The number of carbonyl (C=O) groups is 3. The van der Waals surface area contributed by atoms with Crippen LogP contribution in [0.15, 0.2) is 12.7 Å². The molecular weight excluding hydrogens is 292 g/mol. The van der Waals surface area contributed by atoms with Gasteiger partial charge in [-0.2, -0.15) is 0 Å². The van der Waals surface area contributed by atoms with E-state index in [1.165, 1.54) is 6.08 Å². The van der Waals surface area contributed by atoms with Gasteiger partial charge in [-0.15, -0.1) is 0 Å². The normalized spacial score (nSPS) is 13.6. The van der Waals surface area contributed by atoms with Crippen LogP contribution in [0.5, 0.6) is 0 Å². The van der Waals surface area contributed by atoms with Gasteiger partial charge in [0.05, 0.1) is 11.7 Å². The van der Waals surface area contributed by atoms with Gasteiger partial charge in [0.2, 0.25) is 5.91 Å². The highest BCUT2D eigenvalue weighted by atomic mass is 16.5. The first kappa shape index (κ1) is 19.9. The minimum absolute atomic E-state index is 0.0155. The maximum Gasteiger partial charge on any atom is 0.407 e. The number of carbonyl (C=O) groups excluding carboxylic acids is 2. The summed E-state index contributed by atoms with van der Waals surface area (Å²) in [6, 6.07) is -1.22. The Balaban J connectivity index is 4.44.